The number of benzene rings is 1. The standard InChI is InChI=1S/C31H30F2N6O2/c1-37(2)30(40)27-22(8-9-24(32)28(27)33)19-12-25(18-6-7-18)36-26(13-19)39-16-20(15-34)23-14-21(35-29(23)31(39)41)17-38-10-4-3-5-11-38/h8-9,12-14,16,18,35H,3-7,10-11,17H2,1-2H3. The number of nitriles is 1. The van der Waals surface area contributed by atoms with E-state index < -0.39 is 17.5 Å². The van der Waals surface area contributed by atoms with Crippen LogP contribution in [0.1, 0.15) is 65.3 Å². The van der Waals surface area contributed by atoms with Gasteiger partial charge in [-0.15, -0.1) is 0 Å². The lowest BCUT2D eigenvalue weighted by atomic mass is 9.97. The molecule has 1 aromatic carbocycles. The number of H-pyrrole nitrogens is 1. The van der Waals surface area contributed by atoms with E-state index in [2.05, 4.69) is 16.0 Å². The van der Waals surface area contributed by atoms with Crippen molar-refractivity contribution in [3.8, 4) is 23.0 Å². The average Bonchev–Trinajstić information content (AvgIpc) is 3.74. The molecule has 3 aromatic heterocycles. The van der Waals surface area contributed by atoms with E-state index in [0.717, 1.165) is 50.5 Å². The first-order valence-electron chi connectivity index (χ1n) is 13.9. The molecule has 1 aliphatic carbocycles. The number of hydrogen-bond donors (Lipinski definition) is 1. The highest BCUT2D eigenvalue weighted by molar-refractivity contribution is 6.01. The van der Waals surface area contributed by atoms with Crippen LogP contribution in [0.5, 0.6) is 0 Å². The molecule has 2 aliphatic rings. The summed E-state index contributed by atoms with van der Waals surface area (Å²) < 4.78 is 30.6. The first-order chi connectivity index (χ1) is 19.7. The van der Waals surface area contributed by atoms with Crippen LogP contribution >= 0.6 is 0 Å². The number of rotatable bonds is 6. The average molecular weight is 557 g/mol. The molecule has 0 unspecified atom stereocenters. The van der Waals surface area contributed by atoms with E-state index in [1.165, 1.54) is 42.2 Å². The van der Waals surface area contributed by atoms with Crippen LogP contribution in [0.25, 0.3) is 27.8 Å². The smallest absolute Gasteiger partial charge is 0.280 e. The molecule has 0 atom stereocenters. The SMILES string of the molecule is CN(C)C(=O)c1c(-c2cc(C3CC3)nc(-n3cc(C#N)c4cc(CN5CCCCC5)[nH]c4c3=O)c2)ccc(F)c1F. The molecular weight excluding hydrogens is 526 g/mol. The fourth-order valence-electron chi connectivity index (χ4n) is 5.60. The van der Waals surface area contributed by atoms with Crippen LogP contribution in [-0.2, 0) is 6.54 Å². The third-order valence-electron chi connectivity index (χ3n) is 7.92. The lowest BCUT2D eigenvalue weighted by molar-refractivity contribution is 0.0822. The van der Waals surface area contributed by atoms with Gasteiger partial charge in [0, 0.05) is 49.5 Å². The summed E-state index contributed by atoms with van der Waals surface area (Å²) in [6, 6.07) is 9.78. The van der Waals surface area contributed by atoms with E-state index >= 15 is 4.39 Å². The second-order valence-electron chi connectivity index (χ2n) is 11.1. The van der Waals surface area contributed by atoms with Gasteiger partial charge >= 0.3 is 0 Å². The van der Waals surface area contributed by atoms with Crippen LogP contribution in [0, 0.1) is 23.0 Å². The van der Waals surface area contributed by atoms with E-state index in [1.807, 2.05) is 6.07 Å². The van der Waals surface area contributed by atoms with Crippen LogP contribution in [0.2, 0.25) is 0 Å². The summed E-state index contributed by atoms with van der Waals surface area (Å²) in [6.07, 6.45) is 6.79. The third-order valence-corrected chi connectivity index (χ3v) is 7.92. The third kappa shape index (κ3) is 5.02. The molecule has 1 N–H and O–H groups in total. The van der Waals surface area contributed by atoms with E-state index in [0.29, 0.717) is 34.3 Å². The van der Waals surface area contributed by atoms with Crippen molar-refractivity contribution in [2.24, 2.45) is 0 Å². The summed E-state index contributed by atoms with van der Waals surface area (Å²) in [4.78, 5) is 38.3. The number of fused-ring (bicyclic) bond motifs is 1. The molecule has 0 spiro atoms. The summed E-state index contributed by atoms with van der Waals surface area (Å²) >= 11 is 0. The maximum Gasteiger partial charge on any atom is 0.280 e. The molecule has 6 rings (SSSR count). The first-order valence-corrected chi connectivity index (χ1v) is 13.9. The van der Waals surface area contributed by atoms with Gasteiger partial charge in [0.05, 0.1) is 11.1 Å². The molecule has 4 aromatic rings. The molecule has 2 fully saturated rings. The quantitative estimate of drug-likeness (QED) is 0.357. The minimum atomic E-state index is -1.23. The minimum Gasteiger partial charge on any atom is -0.353 e. The lowest BCUT2D eigenvalue weighted by Gasteiger charge is -2.25. The summed E-state index contributed by atoms with van der Waals surface area (Å²) in [5, 5.41) is 10.5. The monoisotopic (exact) mass is 556 g/mol. The fraction of sp³-hybridized carbons (Fsp3) is 0.355. The van der Waals surface area contributed by atoms with Crippen LogP contribution in [0.3, 0.4) is 0 Å². The topological polar surface area (TPSA) is 98.0 Å². The van der Waals surface area contributed by atoms with Crippen molar-refractivity contribution in [2.45, 2.75) is 44.6 Å². The van der Waals surface area contributed by atoms with Crippen molar-refractivity contribution in [3.63, 3.8) is 0 Å². The summed E-state index contributed by atoms with van der Waals surface area (Å²) in [5.41, 5.74) is 2.06. The van der Waals surface area contributed by atoms with Crippen LogP contribution in [0.4, 0.5) is 8.78 Å². The van der Waals surface area contributed by atoms with Gasteiger partial charge in [0.25, 0.3) is 11.5 Å². The number of piperidine rings is 1. The van der Waals surface area contributed by atoms with Gasteiger partial charge in [-0.25, -0.2) is 13.8 Å². The van der Waals surface area contributed by atoms with Crippen molar-refractivity contribution in [1.82, 2.24) is 24.3 Å². The molecule has 8 nitrogen and oxygen atoms in total. The van der Waals surface area contributed by atoms with Gasteiger partial charge in [0.2, 0.25) is 0 Å². The van der Waals surface area contributed by atoms with Crippen LogP contribution in [-0.4, -0.2) is 57.4 Å². The van der Waals surface area contributed by atoms with Gasteiger partial charge in [-0.05, 0) is 74.2 Å². The number of carbonyl (C=O) groups is 1. The van der Waals surface area contributed by atoms with Crippen molar-refractivity contribution in [3.05, 3.63) is 81.0 Å². The van der Waals surface area contributed by atoms with Gasteiger partial charge in [0.15, 0.2) is 11.6 Å². The van der Waals surface area contributed by atoms with Crippen molar-refractivity contribution < 1.29 is 13.6 Å². The lowest BCUT2D eigenvalue weighted by Crippen LogP contribution is -2.29. The van der Waals surface area contributed by atoms with Gasteiger partial charge in [-0.3, -0.25) is 19.1 Å². The summed E-state index contributed by atoms with van der Waals surface area (Å²) in [7, 11) is 2.94. The number of aromatic nitrogens is 3. The largest absolute Gasteiger partial charge is 0.353 e. The second-order valence-corrected chi connectivity index (χ2v) is 11.1. The Morgan fingerprint density at radius 3 is 2.59 bits per heavy atom. The zero-order chi connectivity index (χ0) is 28.8. The van der Waals surface area contributed by atoms with Crippen molar-refractivity contribution in [1.29, 1.82) is 5.26 Å². The Hall–Kier alpha value is -4.36. The highest BCUT2D eigenvalue weighted by Crippen LogP contribution is 2.41. The Morgan fingerprint density at radius 1 is 1.15 bits per heavy atom. The number of aromatic amines is 1. The number of pyridine rings is 2. The molecular formula is C31H30F2N6O2. The normalized spacial score (nSPS) is 15.7. The molecule has 1 saturated carbocycles. The number of amides is 1. The Kier molecular flexibility index (Phi) is 6.91. The van der Waals surface area contributed by atoms with Gasteiger partial charge < -0.3 is 9.88 Å². The Bertz CT molecular complexity index is 1770. The van der Waals surface area contributed by atoms with Crippen molar-refractivity contribution in [2.75, 3.05) is 27.2 Å². The molecule has 41 heavy (non-hydrogen) atoms. The number of nitrogens with zero attached hydrogens (tertiary/aromatic N) is 5. The minimum absolute atomic E-state index is 0.156. The highest BCUT2D eigenvalue weighted by Gasteiger charge is 2.29. The molecule has 210 valence electrons. The van der Waals surface area contributed by atoms with Crippen LogP contribution in [0.15, 0.2) is 41.3 Å². The van der Waals surface area contributed by atoms with E-state index in [9.17, 15) is 19.2 Å². The molecule has 0 bridgehead atoms. The molecule has 10 heteroatoms. The predicted octanol–water partition coefficient (Wildman–Crippen LogP) is 5.10. The number of halogens is 2. The summed E-state index contributed by atoms with van der Waals surface area (Å²) in [5.74, 6) is -2.63. The Morgan fingerprint density at radius 2 is 1.90 bits per heavy atom. The van der Waals surface area contributed by atoms with E-state index in [1.54, 1.807) is 12.1 Å². The fourth-order valence-corrected chi connectivity index (χ4v) is 5.60. The molecule has 1 aliphatic heterocycles. The number of nitrogens with one attached hydrogen (secondary N) is 1. The highest BCUT2D eigenvalue weighted by atomic mass is 19.2. The number of carbonyl (C=O) groups excluding carboxylic acids is 1. The predicted molar refractivity (Wildman–Crippen MR) is 151 cm³/mol. The molecule has 1 saturated heterocycles. The zero-order valence-corrected chi connectivity index (χ0v) is 23.0. The Labute approximate surface area is 235 Å². The van der Waals surface area contributed by atoms with Gasteiger partial charge in [-0.2, -0.15) is 5.26 Å². The van der Waals surface area contributed by atoms with Gasteiger partial charge in [-0.1, -0.05) is 12.5 Å². The number of hydrogen-bond acceptors (Lipinski definition) is 5. The van der Waals surface area contributed by atoms with E-state index in [-0.39, 0.29) is 28.4 Å². The second kappa shape index (κ2) is 10.6. The zero-order valence-electron chi connectivity index (χ0n) is 23.0. The molecule has 1 amide bonds. The van der Waals surface area contributed by atoms with Crippen molar-refractivity contribution >= 4 is 16.8 Å². The molecule has 4 heterocycles. The maximum atomic E-state index is 15.0. The van der Waals surface area contributed by atoms with E-state index in [4.69, 9.17) is 4.98 Å². The van der Waals surface area contributed by atoms with Crippen LogP contribution < -0.4 is 5.56 Å². The number of likely N-dealkylation sites (tertiary alicyclic amines) is 1. The first kappa shape index (κ1) is 26.8. The van der Waals surface area contributed by atoms with Gasteiger partial charge in [0.1, 0.15) is 17.4 Å². The summed E-state index contributed by atoms with van der Waals surface area (Å²) in [6.45, 7) is 2.65. The maximum absolute atomic E-state index is 15.0. The Balaban J connectivity index is 1.51. The molecule has 0 radical (unpaired) electrons.